The average molecular weight is 237 g/mol. The van der Waals surface area contributed by atoms with Crippen molar-refractivity contribution in [2.75, 3.05) is 6.54 Å². The Morgan fingerprint density at radius 2 is 1.65 bits per heavy atom. The first-order valence-corrected chi connectivity index (χ1v) is 7.94. The molecule has 1 nitrogen and oxygen atoms in total. The van der Waals surface area contributed by atoms with Crippen LogP contribution in [-0.4, -0.2) is 12.6 Å². The molecular formula is C16H31N. The molecule has 0 heterocycles. The Bertz CT molecular complexity index is 210. The van der Waals surface area contributed by atoms with Gasteiger partial charge in [-0.3, -0.25) is 0 Å². The Balaban J connectivity index is 1.80. The molecule has 0 bridgehead atoms. The summed E-state index contributed by atoms with van der Waals surface area (Å²) in [6.45, 7) is 6.08. The van der Waals surface area contributed by atoms with Crippen molar-refractivity contribution in [1.82, 2.24) is 5.32 Å². The molecule has 0 spiro atoms. The highest BCUT2D eigenvalue weighted by Crippen LogP contribution is 2.42. The third kappa shape index (κ3) is 3.98. The molecule has 2 saturated carbocycles. The van der Waals surface area contributed by atoms with E-state index in [4.69, 9.17) is 0 Å². The van der Waals surface area contributed by atoms with Crippen LogP contribution in [0.5, 0.6) is 0 Å². The summed E-state index contributed by atoms with van der Waals surface area (Å²) in [6, 6.07) is 0.841. The van der Waals surface area contributed by atoms with Crippen LogP contribution in [0, 0.1) is 11.3 Å². The SMILES string of the molecule is CC(C)CC1(CNC2CCCCC2)CCCC1. The summed E-state index contributed by atoms with van der Waals surface area (Å²) >= 11 is 0. The van der Waals surface area contributed by atoms with Gasteiger partial charge in [0.1, 0.15) is 0 Å². The predicted octanol–water partition coefficient (Wildman–Crippen LogP) is 4.52. The zero-order valence-corrected chi connectivity index (χ0v) is 11.9. The molecule has 2 fully saturated rings. The van der Waals surface area contributed by atoms with Crippen molar-refractivity contribution in [1.29, 1.82) is 0 Å². The summed E-state index contributed by atoms with van der Waals surface area (Å²) in [7, 11) is 0. The largest absolute Gasteiger partial charge is 0.313 e. The van der Waals surface area contributed by atoms with Crippen molar-refractivity contribution in [2.45, 2.75) is 84.1 Å². The molecule has 17 heavy (non-hydrogen) atoms. The van der Waals surface area contributed by atoms with Crippen LogP contribution in [0.1, 0.15) is 78.1 Å². The molecule has 1 heteroatoms. The van der Waals surface area contributed by atoms with Crippen LogP contribution in [-0.2, 0) is 0 Å². The number of rotatable bonds is 5. The van der Waals surface area contributed by atoms with Gasteiger partial charge in [0.15, 0.2) is 0 Å². The molecule has 1 N–H and O–H groups in total. The Morgan fingerprint density at radius 3 is 2.24 bits per heavy atom. The molecule has 0 aromatic carbocycles. The normalized spacial score (nSPS) is 25.6. The van der Waals surface area contributed by atoms with Gasteiger partial charge in [-0.15, -0.1) is 0 Å². The molecule has 0 aliphatic heterocycles. The van der Waals surface area contributed by atoms with E-state index >= 15 is 0 Å². The smallest absolute Gasteiger partial charge is 0.00672 e. The van der Waals surface area contributed by atoms with Gasteiger partial charge in [-0.1, -0.05) is 46.0 Å². The molecule has 0 aromatic rings. The van der Waals surface area contributed by atoms with Gasteiger partial charge in [0.2, 0.25) is 0 Å². The lowest BCUT2D eigenvalue weighted by Crippen LogP contribution is -2.40. The van der Waals surface area contributed by atoms with E-state index in [-0.39, 0.29) is 0 Å². The standard InChI is InChI=1S/C16H31N/c1-14(2)12-16(10-6-7-11-16)13-17-15-8-4-3-5-9-15/h14-15,17H,3-13H2,1-2H3. The number of nitrogens with one attached hydrogen (secondary N) is 1. The van der Waals surface area contributed by atoms with Crippen LogP contribution in [0.2, 0.25) is 0 Å². The second-order valence-corrected chi connectivity index (χ2v) is 7.02. The van der Waals surface area contributed by atoms with E-state index < -0.39 is 0 Å². The van der Waals surface area contributed by atoms with Gasteiger partial charge in [0.25, 0.3) is 0 Å². The minimum Gasteiger partial charge on any atom is -0.313 e. The predicted molar refractivity (Wildman–Crippen MR) is 75.2 cm³/mol. The first kappa shape index (κ1) is 13.4. The Morgan fingerprint density at radius 1 is 1.00 bits per heavy atom. The molecule has 0 radical (unpaired) electrons. The third-order valence-corrected chi connectivity index (χ3v) is 4.88. The van der Waals surface area contributed by atoms with Crippen LogP contribution in [0.4, 0.5) is 0 Å². The maximum Gasteiger partial charge on any atom is 0.00672 e. The fourth-order valence-corrected chi connectivity index (χ4v) is 4.11. The van der Waals surface area contributed by atoms with Crippen LogP contribution >= 0.6 is 0 Å². The molecule has 0 unspecified atom stereocenters. The molecule has 0 atom stereocenters. The van der Waals surface area contributed by atoms with E-state index in [0.29, 0.717) is 5.41 Å². The molecule has 0 amide bonds. The second-order valence-electron chi connectivity index (χ2n) is 7.02. The molecule has 2 aliphatic rings. The monoisotopic (exact) mass is 237 g/mol. The van der Waals surface area contributed by atoms with Crippen molar-refractivity contribution < 1.29 is 0 Å². The van der Waals surface area contributed by atoms with Crippen molar-refractivity contribution >= 4 is 0 Å². The van der Waals surface area contributed by atoms with Gasteiger partial charge in [-0.25, -0.2) is 0 Å². The highest BCUT2D eigenvalue weighted by Gasteiger charge is 2.34. The van der Waals surface area contributed by atoms with Crippen molar-refractivity contribution in [2.24, 2.45) is 11.3 Å². The molecular weight excluding hydrogens is 206 g/mol. The van der Waals surface area contributed by atoms with Crippen LogP contribution in [0.25, 0.3) is 0 Å². The molecule has 2 rings (SSSR count). The van der Waals surface area contributed by atoms with E-state index in [1.165, 1.54) is 70.8 Å². The van der Waals surface area contributed by atoms with Gasteiger partial charge >= 0.3 is 0 Å². The number of hydrogen-bond donors (Lipinski definition) is 1. The Labute approximate surface area is 108 Å². The highest BCUT2D eigenvalue weighted by atomic mass is 14.9. The van der Waals surface area contributed by atoms with Gasteiger partial charge in [0.05, 0.1) is 0 Å². The van der Waals surface area contributed by atoms with Gasteiger partial charge < -0.3 is 5.32 Å². The average Bonchev–Trinajstić information content (AvgIpc) is 2.76. The lowest BCUT2D eigenvalue weighted by Gasteiger charge is -2.34. The van der Waals surface area contributed by atoms with Gasteiger partial charge in [-0.05, 0) is 43.4 Å². The third-order valence-electron chi connectivity index (χ3n) is 4.88. The molecule has 2 aliphatic carbocycles. The molecule has 0 aromatic heterocycles. The lowest BCUT2D eigenvalue weighted by molar-refractivity contribution is 0.206. The zero-order chi connectivity index (χ0) is 12.1. The number of hydrogen-bond acceptors (Lipinski definition) is 1. The van der Waals surface area contributed by atoms with E-state index in [2.05, 4.69) is 19.2 Å². The topological polar surface area (TPSA) is 12.0 Å². The minimum absolute atomic E-state index is 0.658. The van der Waals surface area contributed by atoms with Gasteiger partial charge in [0, 0.05) is 12.6 Å². The van der Waals surface area contributed by atoms with Crippen LogP contribution in [0.3, 0.4) is 0 Å². The van der Waals surface area contributed by atoms with Crippen LogP contribution < -0.4 is 5.32 Å². The summed E-state index contributed by atoms with van der Waals surface area (Å²) in [6.07, 6.45) is 14.6. The van der Waals surface area contributed by atoms with E-state index in [1.54, 1.807) is 0 Å². The molecule has 100 valence electrons. The summed E-state index contributed by atoms with van der Waals surface area (Å²) in [5, 5.41) is 3.91. The maximum absolute atomic E-state index is 3.91. The highest BCUT2D eigenvalue weighted by molar-refractivity contribution is 4.89. The zero-order valence-electron chi connectivity index (χ0n) is 11.9. The van der Waals surface area contributed by atoms with E-state index in [0.717, 1.165) is 12.0 Å². The van der Waals surface area contributed by atoms with Crippen molar-refractivity contribution in [3.8, 4) is 0 Å². The van der Waals surface area contributed by atoms with Crippen molar-refractivity contribution in [3.63, 3.8) is 0 Å². The van der Waals surface area contributed by atoms with Gasteiger partial charge in [-0.2, -0.15) is 0 Å². The van der Waals surface area contributed by atoms with E-state index in [1.807, 2.05) is 0 Å². The maximum atomic E-state index is 3.91. The van der Waals surface area contributed by atoms with Crippen LogP contribution in [0.15, 0.2) is 0 Å². The fraction of sp³-hybridized carbons (Fsp3) is 1.00. The summed E-state index contributed by atoms with van der Waals surface area (Å²) < 4.78 is 0. The lowest BCUT2D eigenvalue weighted by atomic mass is 9.78. The van der Waals surface area contributed by atoms with Crippen molar-refractivity contribution in [3.05, 3.63) is 0 Å². The minimum atomic E-state index is 0.658. The Kier molecular flexibility index (Phi) is 4.90. The second kappa shape index (κ2) is 6.22. The first-order chi connectivity index (χ1) is 8.20. The first-order valence-electron chi connectivity index (χ1n) is 7.94. The Hall–Kier alpha value is -0.0400. The summed E-state index contributed by atoms with van der Waals surface area (Å²) in [4.78, 5) is 0. The summed E-state index contributed by atoms with van der Waals surface area (Å²) in [5.74, 6) is 0.862. The molecule has 0 saturated heterocycles. The summed E-state index contributed by atoms with van der Waals surface area (Å²) in [5.41, 5.74) is 0.658. The fourth-order valence-electron chi connectivity index (χ4n) is 4.11. The van der Waals surface area contributed by atoms with E-state index in [9.17, 15) is 0 Å². The quantitative estimate of drug-likeness (QED) is 0.741.